The molecule has 0 saturated heterocycles. The van der Waals surface area contributed by atoms with Crippen molar-refractivity contribution >= 4 is 17.3 Å². The second kappa shape index (κ2) is 13.8. The number of hydrogen-bond acceptors (Lipinski definition) is 8. The van der Waals surface area contributed by atoms with E-state index in [-0.39, 0.29) is 16.5 Å². The molecule has 4 rings (SSSR count). The molecule has 236 valence electrons. The summed E-state index contributed by atoms with van der Waals surface area (Å²) in [6.45, 7) is 16.0. The van der Waals surface area contributed by atoms with Crippen LogP contribution in [0.1, 0.15) is 96.3 Å². The molecule has 43 heavy (non-hydrogen) atoms. The maximum atomic E-state index is 12.9. The molecule has 3 fully saturated rings. The minimum atomic E-state index is -0.743. The highest BCUT2D eigenvalue weighted by Crippen LogP contribution is 2.58. The van der Waals surface area contributed by atoms with Crippen LogP contribution in [0.5, 0.6) is 0 Å². The number of fused-ring (bicyclic) bond motifs is 1. The van der Waals surface area contributed by atoms with E-state index in [4.69, 9.17) is 4.74 Å². The van der Waals surface area contributed by atoms with Crippen LogP contribution in [0.25, 0.3) is 0 Å². The summed E-state index contributed by atoms with van der Waals surface area (Å²) in [4.78, 5) is 12.9. The molecule has 8 heteroatoms. The van der Waals surface area contributed by atoms with Gasteiger partial charge in [0.1, 0.15) is 6.10 Å². The third-order valence-corrected chi connectivity index (χ3v) is 10.3. The van der Waals surface area contributed by atoms with Gasteiger partial charge in [0.2, 0.25) is 0 Å². The molecule has 0 aliphatic heterocycles. The van der Waals surface area contributed by atoms with Crippen LogP contribution in [0, 0.1) is 45.4 Å². The predicted octanol–water partition coefficient (Wildman–Crippen LogP) is 8.89. The van der Waals surface area contributed by atoms with Crippen molar-refractivity contribution in [2.45, 2.75) is 92.1 Å². The van der Waals surface area contributed by atoms with Crippen LogP contribution in [-0.2, 0) is 4.74 Å². The van der Waals surface area contributed by atoms with Gasteiger partial charge in [-0.1, -0.05) is 76.6 Å². The fourth-order valence-electron chi connectivity index (χ4n) is 7.12. The van der Waals surface area contributed by atoms with Crippen molar-refractivity contribution in [1.82, 2.24) is 0 Å². The van der Waals surface area contributed by atoms with Gasteiger partial charge in [-0.05, 0) is 104 Å². The summed E-state index contributed by atoms with van der Waals surface area (Å²) < 4.78 is 5.75. The molecule has 6 atom stereocenters. The predicted molar refractivity (Wildman–Crippen MR) is 171 cm³/mol. The summed E-state index contributed by atoms with van der Waals surface area (Å²) in [6, 6.07) is 3.19. The number of ether oxygens (including phenoxy) is 1. The van der Waals surface area contributed by atoms with Crippen molar-refractivity contribution in [1.29, 1.82) is 0 Å². The Hall–Kier alpha value is -2.91. The summed E-state index contributed by atoms with van der Waals surface area (Å²) in [5.74, 6) is 2.33. The average Bonchev–Trinajstić information content (AvgIpc) is 3.33. The van der Waals surface area contributed by atoms with Gasteiger partial charge in [-0.15, -0.1) is 5.23 Å². The van der Waals surface area contributed by atoms with Crippen molar-refractivity contribution in [2.24, 2.45) is 35.0 Å². The zero-order valence-electron chi connectivity index (χ0n) is 26.3. The number of benzene rings is 1. The Morgan fingerprint density at radius 3 is 2.49 bits per heavy atom. The van der Waals surface area contributed by atoms with E-state index in [2.05, 4.69) is 65.5 Å². The summed E-state index contributed by atoms with van der Waals surface area (Å²) in [5.41, 5.74) is 3.10. The maximum absolute atomic E-state index is 12.9. The van der Waals surface area contributed by atoms with Crippen molar-refractivity contribution in [3.8, 4) is 0 Å². The molecule has 0 amide bonds. The lowest BCUT2D eigenvalue weighted by Crippen LogP contribution is -2.27. The Bertz CT molecular complexity index is 1240. The number of esters is 1. The Morgan fingerprint density at radius 2 is 1.81 bits per heavy atom. The van der Waals surface area contributed by atoms with Crippen molar-refractivity contribution in [2.75, 3.05) is 10.5 Å². The third-order valence-electron chi connectivity index (χ3n) is 10.3. The molecule has 3 saturated carbocycles. The lowest BCUT2D eigenvalue weighted by Gasteiger charge is -2.38. The minimum Gasteiger partial charge on any atom is -0.769 e. The first-order valence-electron chi connectivity index (χ1n) is 15.7. The van der Waals surface area contributed by atoms with Crippen LogP contribution in [0.4, 0.5) is 11.4 Å². The lowest BCUT2D eigenvalue weighted by atomic mass is 9.67. The van der Waals surface area contributed by atoms with Gasteiger partial charge in [-0.2, -0.15) is 0 Å². The number of nitrogens with zero attached hydrogens (tertiary/aromatic N) is 2. The Kier molecular flexibility index (Phi) is 10.6. The van der Waals surface area contributed by atoms with E-state index in [0.717, 1.165) is 35.8 Å². The molecular weight excluding hydrogens is 544 g/mol. The molecule has 3 aliphatic rings. The Labute approximate surface area is 256 Å². The highest BCUT2D eigenvalue weighted by Gasteiger charge is 2.47. The Balaban J connectivity index is 1.46. The highest BCUT2D eigenvalue weighted by molar-refractivity contribution is 5.92. The normalized spacial score (nSPS) is 29.3. The molecule has 0 spiro atoms. The first-order valence-corrected chi connectivity index (χ1v) is 15.7. The molecule has 0 aromatic heterocycles. The van der Waals surface area contributed by atoms with E-state index >= 15 is 0 Å². The molecule has 0 unspecified atom stereocenters. The molecule has 1 aromatic rings. The van der Waals surface area contributed by atoms with Gasteiger partial charge in [-0.25, -0.2) is 4.79 Å². The molecule has 8 nitrogen and oxygen atoms in total. The molecule has 0 heterocycles. The van der Waals surface area contributed by atoms with E-state index in [1.807, 2.05) is 0 Å². The number of carbonyl (C=O) groups is 1. The maximum Gasteiger partial charge on any atom is 0.338 e. The van der Waals surface area contributed by atoms with E-state index in [9.17, 15) is 25.6 Å². The van der Waals surface area contributed by atoms with E-state index in [1.165, 1.54) is 31.3 Å². The fraction of sp³-hybridized carbons (Fsp3) is 0.571. The summed E-state index contributed by atoms with van der Waals surface area (Å²) >= 11 is 0. The van der Waals surface area contributed by atoms with Gasteiger partial charge in [0.25, 0.3) is 0 Å². The third kappa shape index (κ3) is 7.98. The quantitative estimate of drug-likeness (QED) is 0.166. The molecule has 1 aromatic carbocycles. The first kappa shape index (κ1) is 33.0. The number of anilines is 2. The van der Waals surface area contributed by atoms with Crippen LogP contribution in [-0.4, -0.2) is 22.5 Å². The van der Waals surface area contributed by atoms with Gasteiger partial charge < -0.3 is 20.4 Å². The van der Waals surface area contributed by atoms with Crippen LogP contribution >= 0.6 is 0 Å². The van der Waals surface area contributed by atoms with E-state index in [0.29, 0.717) is 54.3 Å². The summed E-state index contributed by atoms with van der Waals surface area (Å²) in [7, 11) is 0. The molecule has 3 aliphatic carbocycles. The van der Waals surface area contributed by atoms with Crippen LogP contribution < -0.4 is 10.5 Å². The zero-order valence-corrected chi connectivity index (χ0v) is 26.3. The topological polar surface area (TPSA) is 119 Å². The second-order valence-electron chi connectivity index (χ2n) is 13.7. The van der Waals surface area contributed by atoms with Crippen molar-refractivity contribution in [3.05, 3.63) is 81.8 Å². The van der Waals surface area contributed by atoms with E-state index in [1.54, 1.807) is 0 Å². The van der Waals surface area contributed by atoms with Gasteiger partial charge >= 0.3 is 5.97 Å². The van der Waals surface area contributed by atoms with Crippen LogP contribution in [0.15, 0.2) is 65.8 Å². The highest BCUT2D eigenvalue weighted by atomic mass is 16.8. The van der Waals surface area contributed by atoms with Gasteiger partial charge in [0, 0.05) is 12.1 Å². The molecule has 0 bridgehead atoms. The SMILES string of the molecule is C=C1CC[C@@H](OC(=O)c2cc(N([O-])[O-])cc(N(O)O)c2)CC1=CC=C1CCC[C@]2(C)C[C@@H]([C@@H](C)C=C[C@H](C)C(C)C)C[C@@H]12. The van der Waals surface area contributed by atoms with Crippen molar-refractivity contribution < 1.29 is 19.9 Å². The molecule has 0 radical (unpaired) electrons. The summed E-state index contributed by atoms with van der Waals surface area (Å²) in [6.07, 6.45) is 16.8. The number of hydrogen-bond donors (Lipinski definition) is 2. The minimum absolute atomic E-state index is 0.116. The standard InChI is InChI=1S/C35H48N2O6/c1-22(2)23(3)9-10-25(5)29-19-33-26(8-7-15-35(33,6)21-29)12-13-27-18-32(14-11-24(27)4)43-34(38)28-16-30(36(39)40)20-31(17-28)37(41)42/h9-10,12-13,16-17,20,22-23,25,29,32-33,39-40H,4,7-8,11,14-15,18-19,21H2,1-3,5-6H3/q-2/t23-,25-,29-,32+,33-,35+/m0/s1. The molecule has 2 N–H and O–H groups in total. The largest absolute Gasteiger partial charge is 0.769 e. The number of allylic oxidation sites excluding steroid dienone is 6. The first-order chi connectivity index (χ1) is 20.3. The zero-order chi connectivity index (χ0) is 31.5. The molecular formula is C35H48N2O6-2. The second-order valence-corrected chi connectivity index (χ2v) is 13.7. The smallest absolute Gasteiger partial charge is 0.338 e. The average molecular weight is 593 g/mol. The fourth-order valence-corrected chi connectivity index (χ4v) is 7.12. The van der Waals surface area contributed by atoms with Crippen LogP contribution in [0.3, 0.4) is 0 Å². The van der Waals surface area contributed by atoms with E-state index < -0.39 is 23.0 Å². The number of rotatable bonds is 9. The summed E-state index contributed by atoms with van der Waals surface area (Å²) in [5, 5.41) is 40.3. The number of carbonyl (C=O) groups excluding carboxylic acids is 1. The van der Waals surface area contributed by atoms with Crippen LogP contribution in [0.2, 0.25) is 0 Å². The Morgan fingerprint density at radius 1 is 1.09 bits per heavy atom. The van der Waals surface area contributed by atoms with Gasteiger partial charge in [0.15, 0.2) is 0 Å². The monoisotopic (exact) mass is 592 g/mol. The van der Waals surface area contributed by atoms with Crippen molar-refractivity contribution in [3.63, 3.8) is 0 Å². The van der Waals surface area contributed by atoms with Gasteiger partial charge in [0.05, 0.1) is 11.3 Å². The van der Waals surface area contributed by atoms with Gasteiger partial charge in [-0.3, -0.25) is 10.4 Å². The lowest BCUT2D eigenvalue weighted by molar-refractivity contribution is 0.0265.